The second-order valence-corrected chi connectivity index (χ2v) is 5.18. The van der Waals surface area contributed by atoms with Gasteiger partial charge in [0.1, 0.15) is 0 Å². The van der Waals surface area contributed by atoms with E-state index in [0.29, 0.717) is 0 Å². The Kier molecular flexibility index (Phi) is 8.36. The molecule has 0 aromatic heterocycles. The molecule has 0 N–H and O–H groups in total. The highest BCUT2D eigenvalue weighted by molar-refractivity contribution is 5.49. The summed E-state index contributed by atoms with van der Waals surface area (Å²) in [6.45, 7) is 2.13. The quantitative estimate of drug-likeness (QED) is 0.347. The summed E-state index contributed by atoms with van der Waals surface area (Å²) in [6.07, 6.45) is 12.4. The Labute approximate surface area is 121 Å². The molecule has 3 nitrogen and oxygen atoms in total. The summed E-state index contributed by atoms with van der Waals surface area (Å²) in [7, 11) is 0. The van der Waals surface area contributed by atoms with Gasteiger partial charge in [-0.1, -0.05) is 69.4 Å². The number of aryl methyl sites for hydroxylation is 1. The Morgan fingerprint density at radius 1 is 1.05 bits per heavy atom. The highest BCUT2D eigenvalue weighted by Crippen LogP contribution is 2.11. The lowest BCUT2D eigenvalue weighted by Crippen LogP contribution is -1.95. The summed E-state index contributed by atoms with van der Waals surface area (Å²) in [5.74, 6) is 0. The van der Waals surface area contributed by atoms with Gasteiger partial charge in [0.25, 0.3) is 0 Å². The third-order valence-corrected chi connectivity index (χ3v) is 3.36. The first kappa shape index (κ1) is 16.4. The van der Waals surface area contributed by atoms with E-state index in [1.165, 1.54) is 44.1 Å². The standard InChI is InChI=1S/C17H25NO2/c1-2-3-4-5-6-7-9-16-11-13-17(14-12-16)10-8-15-18(19)20/h8,10-14H,2-7,9,15H2,1H3. The smallest absolute Gasteiger partial charge is 0.222 e. The lowest BCUT2D eigenvalue weighted by Gasteiger charge is -2.02. The highest BCUT2D eigenvalue weighted by atomic mass is 16.6. The normalized spacial score (nSPS) is 11.1. The molecule has 0 heterocycles. The lowest BCUT2D eigenvalue weighted by molar-refractivity contribution is -0.468. The number of hydrogen-bond acceptors (Lipinski definition) is 2. The number of nitro groups is 1. The molecule has 0 amide bonds. The summed E-state index contributed by atoms with van der Waals surface area (Å²) in [6, 6.07) is 8.31. The van der Waals surface area contributed by atoms with E-state index in [2.05, 4.69) is 19.1 Å². The lowest BCUT2D eigenvalue weighted by atomic mass is 10.0. The molecule has 1 aromatic rings. The van der Waals surface area contributed by atoms with Gasteiger partial charge in [0.05, 0.1) is 0 Å². The van der Waals surface area contributed by atoms with E-state index in [1.54, 1.807) is 12.2 Å². The predicted molar refractivity (Wildman–Crippen MR) is 84.4 cm³/mol. The van der Waals surface area contributed by atoms with Gasteiger partial charge in [-0.3, -0.25) is 10.1 Å². The third-order valence-electron chi connectivity index (χ3n) is 3.36. The molecule has 0 saturated heterocycles. The molecule has 0 aliphatic rings. The molecule has 20 heavy (non-hydrogen) atoms. The van der Waals surface area contributed by atoms with Crippen LogP contribution in [0.5, 0.6) is 0 Å². The van der Waals surface area contributed by atoms with Crippen LogP contribution < -0.4 is 0 Å². The second kappa shape index (κ2) is 10.2. The Morgan fingerprint density at radius 3 is 2.35 bits per heavy atom. The summed E-state index contributed by atoms with van der Waals surface area (Å²) in [5.41, 5.74) is 2.38. The third kappa shape index (κ3) is 7.72. The zero-order valence-corrected chi connectivity index (χ0v) is 12.4. The first-order chi connectivity index (χ1) is 9.72. The summed E-state index contributed by atoms with van der Waals surface area (Å²) in [4.78, 5) is 9.88. The predicted octanol–water partition coefficient (Wildman–Crippen LogP) is 4.88. The van der Waals surface area contributed by atoms with Crippen molar-refractivity contribution in [2.24, 2.45) is 0 Å². The van der Waals surface area contributed by atoms with Crippen LogP contribution >= 0.6 is 0 Å². The van der Waals surface area contributed by atoms with Crippen LogP contribution in [-0.4, -0.2) is 11.5 Å². The number of unbranched alkanes of at least 4 members (excludes halogenated alkanes) is 5. The van der Waals surface area contributed by atoms with Crippen molar-refractivity contribution in [2.75, 3.05) is 6.54 Å². The molecule has 0 aliphatic heterocycles. The molecule has 0 radical (unpaired) electrons. The number of hydrogen-bond donors (Lipinski definition) is 0. The van der Waals surface area contributed by atoms with Crippen LogP contribution in [0.1, 0.15) is 56.6 Å². The van der Waals surface area contributed by atoms with E-state index in [0.717, 1.165) is 12.0 Å². The molecule has 1 aromatic carbocycles. The van der Waals surface area contributed by atoms with E-state index in [-0.39, 0.29) is 11.5 Å². The molecule has 110 valence electrons. The fraction of sp³-hybridized carbons (Fsp3) is 0.529. The summed E-state index contributed by atoms with van der Waals surface area (Å²) in [5, 5.41) is 10.2. The van der Waals surface area contributed by atoms with Crippen molar-refractivity contribution in [3.8, 4) is 0 Å². The van der Waals surface area contributed by atoms with Gasteiger partial charge in [-0.15, -0.1) is 0 Å². The monoisotopic (exact) mass is 275 g/mol. The van der Waals surface area contributed by atoms with Crippen molar-refractivity contribution < 1.29 is 4.92 Å². The van der Waals surface area contributed by atoms with E-state index < -0.39 is 0 Å². The van der Waals surface area contributed by atoms with E-state index in [1.807, 2.05) is 12.1 Å². The van der Waals surface area contributed by atoms with Gasteiger partial charge < -0.3 is 0 Å². The molecule has 0 atom stereocenters. The first-order valence-corrected chi connectivity index (χ1v) is 7.59. The molecule has 3 heteroatoms. The molecule has 0 bridgehead atoms. The topological polar surface area (TPSA) is 43.1 Å². The van der Waals surface area contributed by atoms with Crippen LogP contribution in [0.2, 0.25) is 0 Å². The SMILES string of the molecule is CCCCCCCCc1ccc(C=CC[N+](=O)[O-])cc1. The molecule has 0 unspecified atom stereocenters. The van der Waals surface area contributed by atoms with E-state index in [9.17, 15) is 10.1 Å². The minimum absolute atomic E-state index is 0.112. The maximum absolute atomic E-state index is 10.2. The molecule has 0 aliphatic carbocycles. The van der Waals surface area contributed by atoms with Gasteiger partial charge in [0, 0.05) is 4.92 Å². The van der Waals surface area contributed by atoms with Gasteiger partial charge in [-0.05, 0) is 30.0 Å². The van der Waals surface area contributed by atoms with Crippen molar-refractivity contribution in [1.82, 2.24) is 0 Å². The Hall–Kier alpha value is -1.64. The number of benzene rings is 1. The van der Waals surface area contributed by atoms with Gasteiger partial charge in [-0.2, -0.15) is 0 Å². The van der Waals surface area contributed by atoms with Crippen LogP contribution in [0.25, 0.3) is 6.08 Å². The van der Waals surface area contributed by atoms with Gasteiger partial charge in [0.15, 0.2) is 0 Å². The minimum atomic E-state index is -0.330. The highest BCUT2D eigenvalue weighted by Gasteiger charge is 1.95. The largest absolute Gasteiger partial charge is 0.264 e. The van der Waals surface area contributed by atoms with E-state index >= 15 is 0 Å². The zero-order valence-electron chi connectivity index (χ0n) is 12.4. The maximum Gasteiger partial charge on any atom is 0.222 e. The Morgan fingerprint density at radius 2 is 1.70 bits per heavy atom. The Bertz CT molecular complexity index is 410. The minimum Gasteiger partial charge on any atom is -0.264 e. The van der Waals surface area contributed by atoms with Crippen LogP contribution in [0, 0.1) is 10.1 Å². The van der Waals surface area contributed by atoms with Gasteiger partial charge in [0.2, 0.25) is 6.54 Å². The summed E-state index contributed by atoms with van der Waals surface area (Å²) >= 11 is 0. The average Bonchev–Trinajstić information content (AvgIpc) is 2.44. The summed E-state index contributed by atoms with van der Waals surface area (Å²) < 4.78 is 0. The zero-order chi connectivity index (χ0) is 14.6. The Balaban J connectivity index is 2.24. The fourth-order valence-electron chi connectivity index (χ4n) is 2.18. The molecule has 0 fully saturated rings. The van der Waals surface area contributed by atoms with E-state index in [4.69, 9.17) is 0 Å². The van der Waals surface area contributed by atoms with Crippen LogP contribution in [-0.2, 0) is 6.42 Å². The van der Waals surface area contributed by atoms with Gasteiger partial charge in [-0.25, -0.2) is 0 Å². The number of nitrogens with zero attached hydrogens (tertiary/aromatic N) is 1. The van der Waals surface area contributed by atoms with Crippen molar-refractivity contribution in [3.63, 3.8) is 0 Å². The van der Waals surface area contributed by atoms with Crippen molar-refractivity contribution in [2.45, 2.75) is 51.9 Å². The molecule has 0 spiro atoms. The average molecular weight is 275 g/mol. The number of rotatable bonds is 10. The van der Waals surface area contributed by atoms with Crippen molar-refractivity contribution >= 4 is 6.08 Å². The van der Waals surface area contributed by atoms with Crippen LogP contribution in [0.4, 0.5) is 0 Å². The van der Waals surface area contributed by atoms with Crippen molar-refractivity contribution in [3.05, 3.63) is 51.6 Å². The molecular formula is C17H25NO2. The van der Waals surface area contributed by atoms with Gasteiger partial charge >= 0.3 is 0 Å². The molecule has 0 saturated carbocycles. The fourth-order valence-corrected chi connectivity index (χ4v) is 2.18. The maximum atomic E-state index is 10.2. The van der Waals surface area contributed by atoms with Crippen molar-refractivity contribution in [1.29, 1.82) is 0 Å². The van der Waals surface area contributed by atoms with Crippen LogP contribution in [0.3, 0.4) is 0 Å². The second-order valence-electron chi connectivity index (χ2n) is 5.18. The molecule has 1 rings (SSSR count). The van der Waals surface area contributed by atoms with Crippen LogP contribution in [0.15, 0.2) is 30.3 Å². The first-order valence-electron chi connectivity index (χ1n) is 7.59. The molecular weight excluding hydrogens is 250 g/mol.